The van der Waals surface area contributed by atoms with Crippen LogP contribution in [0.2, 0.25) is 0 Å². The Kier molecular flexibility index (Phi) is 3.47. The average Bonchev–Trinajstić information content (AvgIpc) is 3.09. The minimum absolute atomic E-state index is 0.0817. The maximum atomic E-state index is 12.3. The Morgan fingerprint density at radius 2 is 1.94 bits per heavy atom. The molecular weight excluding hydrogens is 248 g/mol. The molecule has 6 heteroatoms. The summed E-state index contributed by atoms with van der Waals surface area (Å²) >= 11 is 1.59. The Morgan fingerprint density at radius 3 is 2.67 bits per heavy atom. The zero-order valence-electron chi connectivity index (χ0n) is 10.4. The zero-order chi connectivity index (χ0) is 12.4. The standard InChI is InChI=1S/C12H18N4OS/c17-11(15-7-3-13-4-8-15)10-9-18-12(14-10)16-5-1-2-6-16/h9,13H,1-8H2. The number of amides is 1. The quantitative estimate of drug-likeness (QED) is 0.860. The highest BCUT2D eigenvalue weighted by molar-refractivity contribution is 7.13. The largest absolute Gasteiger partial charge is 0.348 e. The highest BCUT2D eigenvalue weighted by atomic mass is 32.1. The van der Waals surface area contributed by atoms with Gasteiger partial charge in [-0.1, -0.05) is 0 Å². The second-order valence-electron chi connectivity index (χ2n) is 4.75. The third-order valence-electron chi connectivity index (χ3n) is 3.49. The summed E-state index contributed by atoms with van der Waals surface area (Å²) in [7, 11) is 0. The van der Waals surface area contributed by atoms with Crippen LogP contribution >= 0.6 is 11.3 Å². The second kappa shape index (κ2) is 5.24. The highest BCUT2D eigenvalue weighted by Crippen LogP contribution is 2.24. The molecule has 0 aliphatic carbocycles. The van der Waals surface area contributed by atoms with Crippen molar-refractivity contribution >= 4 is 22.4 Å². The lowest BCUT2D eigenvalue weighted by molar-refractivity contribution is 0.0731. The minimum Gasteiger partial charge on any atom is -0.348 e. The maximum Gasteiger partial charge on any atom is 0.273 e. The number of aromatic nitrogens is 1. The summed E-state index contributed by atoms with van der Waals surface area (Å²) in [6, 6.07) is 0. The third-order valence-corrected chi connectivity index (χ3v) is 4.39. The van der Waals surface area contributed by atoms with Gasteiger partial charge in [0, 0.05) is 44.6 Å². The van der Waals surface area contributed by atoms with Gasteiger partial charge in [0.1, 0.15) is 5.69 Å². The smallest absolute Gasteiger partial charge is 0.273 e. The fourth-order valence-corrected chi connectivity index (χ4v) is 3.30. The number of rotatable bonds is 2. The highest BCUT2D eigenvalue weighted by Gasteiger charge is 2.22. The van der Waals surface area contributed by atoms with E-state index in [0.29, 0.717) is 5.69 Å². The molecule has 3 heterocycles. The van der Waals surface area contributed by atoms with E-state index in [2.05, 4.69) is 15.2 Å². The van der Waals surface area contributed by atoms with Crippen molar-refractivity contribution in [1.82, 2.24) is 15.2 Å². The van der Waals surface area contributed by atoms with Crippen molar-refractivity contribution in [2.24, 2.45) is 0 Å². The molecule has 0 saturated carbocycles. The van der Waals surface area contributed by atoms with E-state index >= 15 is 0 Å². The topological polar surface area (TPSA) is 48.5 Å². The van der Waals surface area contributed by atoms with Crippen molar-refractivity contribution in [3.05, 3.63) is 11.1 Å². The van der Waals surface area contributed by atoms with E-state index in [-0.39, 0.29) is 5.91 Å². The van der Waals surface area contributed by atoms with Crippen LogP contribution in [0.5, 0.6) is 0 Å². The van der Waals surface area contributed by atoms with Gasteiger partial charge >= 0.3 is 0 Å². The fourth-order valence-electron chi connectivity index (χ4n) is 2.45. The molecule has 0 bridgehead atoms. The van der Waals surface area contributed by atoms with Crippen LogP contribution < -0.4 is 10.2 Å². The first-order valence-electron chi connectivity index (χ1n) is 6.55. The first kappa shape index (κ1) is 11.9. The van der Waals surface area contributed by atoms with Crippen molar-refractivity contribution < 1.29 is 4.79 Å². The average molecular weight is 266 g/mol. The van der Waals surface area contributed by atoms with Gasteiger partial charge in [-0.2, -0.15) is 0 Å². The molecule has 5 nitrogen and oxygen atoms in total. The van der Waals surface area contributed by atoms with E-state index in [1.807, 2.05) is 10.3 Å². The summed E-state index contributed by atoms with van der Waals surface area (Å²) in [4.78, 5) is 20.9. The molecule has 2 saturated heterocycles. The van der Waals surface area contributed by atoms with Gasteiger partial charge < -0.3 is 15.1 Å². The van der Waals surface area contributed by atoms with Crippen molar-refractivity contribution in [3.8, 4) is 0 Å². The molecule has 1 amide bonds. The van der Waals surface area contributed by atoms with Gasteiger partial charge in [-0.05, 0) is 12.8 Å². The Bertz CT molecular complexity index is 421. The molecule has 0 unspecified atom stereocenters. The number of nitrogens with one attached hydrogen (secondary N) is 1. The van der Waals surface area contributed by atoms with E-state index in [1.54, 1.807) is 11.3 Å². The number of piperazine rings is 1. The van der Waals surface area contributed by atoms with Crippen LogP contribution in [-0.4, -0.2) is 55.1 Å². The normalized spacial score (nSPS) is 20.4. The van der Waals surface area contributed by atoms with E-state index in [4.69, 9.17) is 0 Å². The third kappa shape index (κ3) is 2.35. The first-order valence-corrected chi connectivity index (χ1v) is 7.43. The maximum absolute atomic E-state index is 12.3. The molecule has 1 N–H and O–H groups in total. The predicted molar refractivity (Wildman–Crippen MR) is 72.3 cm³/mol. The number of thiazole rings is 1. The van der Waals surface area contributed by atoms with E-state index in [1.165, 1.54) is 12.8 Å². The monoisotopic (exact) mass is 266 g/mol. The van der Waals surface area contributed by atoms with Gasteiger partial charge in [0.2, 0.25) is 0 Å². The number of hydrogen-bond acceptors (Lipinski definition) is 5. The molecule has 2 aliphatic rings. The molecule has 0 spiro atoms. The Labute approximate surface area is 111 Å². The van der Waals surface area contributed by atoms with Crippen LogP contribution in [0.3, 0.4) is 0 Å². The molecule has 1 aromatic heterocycles. The lowest BCUT2D eigenvalue weighted by Gasteiger charge is -2.26. The fraction of sp³-hybridized carbons (Fsp3) is 0.667. The van der Waals surface area contributed by atoms with Crippen molar-refractivity contribution in [2.45, 2.75) is 12.8 Å². The molecule has 18 heavy (non-hydrogen) atoms. The molecule has 0 radical (unpaired) electrons. The lowest BCUT2D eigenvalue weighted by Crippen LogP contribution is -2.46. The molecule has 3 rings (SSSR count). The van der Waals surface area contributed by atoms with Gasteiger partial charge in [0.15, 0.2) is 5.13 Å². The molecule has 98 valence electrons. The summed E-state index contributed by atoms with van der Waals surface area (Å²) in [5, 5.41) is 6.16. The summed E-state index contributed by atoms with van der Waals surface area (Å²) in [5.74, 6) is 0.0817. The summed E-state index contributed by atoms with van der Waals surface area (Å²) in [5.41, 5.74) is 0.615. The molecule has 0 aromatic carbocycles. The molecule has 2 fully saturated rings. The lowest BCUT2D eigenvalue weighted by atomic mass is 10.3. The summed E-state index contributed by atoms with van der Waals surface area (Å²) < 4.78 is 0. The predicted octanol–water partition coefficient (Wildman–Crippen LogP) is 0.789. The van der Waals surface area contributed by atoms with E-state index in [9.17, 15) is 4.79 Å². The van der Waals surface area contributed by atoms with E-state index in [0.717, 1.165) is 44.4 Å². The Morgan fingerprint density at radius 1 is 1.22 bits per heavy atom. The minimum atomic E-state index is 0.0817. The van der Waals surface area contributed by atoms with Crippen LogP contribution in [0.4, 0.5) is 5.13 Å². The van der Waals surface area contributed by atoms with Gasteiger partial charge in [-0.15, -0.1) is 11.3 Å². The number of carbonyl (C=O) groups is 1. The number of nitrogens with zero attached hydrogens (tertiary/aromatic N) is 3. The Balaban J connectivity index is 1.69. The SMILES string of the molecule is O=C(c1csc(N2CCCC2)n1)N1CCNCC1. The zero-order valence-corrected chi connectivity index (χ0v) is 11.2. The van der Waals surface area contributed by atoms with Crippen molar-refractivity contribution in [1.29, 1.82) is 0 Å². The number of anilines is 1. The van der Waals surface area contributed by atoms with E-state index < -0.39 is 0 Å². The Hall–Kier alpha value is -1.14. The summed E-state index contributed by atoms with van der Waals surface area (Å²) in [6.45, 7) is 5.50. The molecule has 2 aliphatic heterocycles. The summed E-state index contributed by atoms with van der Waals surface area (Å²) in [6.07, 6.45) is 2.47. The van der Waals surface area contributed by atoms with Gasteiger partial charge in [-0.25, -0.2) is 4.98 Å². The van der Waals surface area contributed by atoms with Crippen LogP contribution in [-0.2, 0) is 0 Å². The molecule has 0 atom stereocenters. The molecular formula is C12H18N4OS. The van der Waals surface area contributed by atoms with Gasteiger partial charge in [-0.3, -0.25) is 4.79 Å². The van der Waals surface area contributed by atoms with Crippen LogP contribution in [0, 0.1) is 0 Å². The van der Waals surface area contributed by atoms with Crippen LogP contribution in [0.1, 0.15) is 23.3 Å². The van der Waals surface area contributed by atoms with Crippen molar-refractivity contribution in [2.75, 3.05) is 44.2 Å². The number of hydrogen-bond donors (Lipinski definition) is 1. The van der Waals surface area contributed by atoms with Gasteiger partial charge in [0.05, 0.1) is 0 Å². The number of carbonyl (C=O) groups excluding carboxylic acids is 1. The second-order valence-corrected chi connectivity index (χ2v) is 5.59. The van der Waals surface area contributed by atoms with Crippen molar-refractivity contribution in [3.63, 3.8) is 0 Å². The molecule has 1 aromatic rings. The first-order chi connectivity index (χ1) is 8.84. The van der Waals surface area contributed by atoms with Gasteiger partial charge in [0.25, 0.3) is 5.91 Å². The van der Waals surface area contributed by atoms with Crippen LogP contribution in [0.25, 0.3) is 0 Å². The van der Waals surface area contributed by atoms with Crippen LogP contribution in [0.15, 0.2) is 5.38 Å².